The van der Waals surface area contributed by atoms with Crippen LogP contribution < -0.4 is 10.6 Å². The summed E-state index contributed by atoms with van der Waals surface area (Å²) in [6, 6.07) is 18.4. The summed E-state index contributed by atoms with van der Waals surface area (Å²) in [6.07, 6.45) is 3.39. The molecular formula is C23H26N4O2. The first kappa shape index (κ1) is 19.3. The lowest BCUT2D eigenvalue weighted by molar-refractivity contribution is -0.130. The Kier molecular flexibility index (Phi) is 6.32. The summed E-state index contributed by atoms with van der Waals surface area (Å²) in [6.45, 7) is 1.77. The van der Waals surface area contributed by atoms with Crippen molar-refractivity contribution in [2.24, 2.45) is 0 Å². The van der Waals surface area contributed by atoms with Crippen LogP contribution in [0, 0.1) is 0 Å². The zero-order valence-corrected chi connectivity index (χ0v) is 16.4. The first-order valence-electron chi connectivity index (χ1n) is 10.2. The predicted octanol–water partition coefficient (Wildman–Crippen LogP) is 3.47. The van der Waals surface area contributed by atoms with E-state index in [-0.39, 0.29) is 12.0 Å². The van der Waals surface area contributed by atoms with E-state index in [9.17, 15) is 4.79 Å². The van der Waals surface area contributed by atoms with Crippen molar-refractivity contribution in [3.8, 4) is 0 Å². The van der Waals surface area contributed by atoms with Gasteiger partial charge in [0.1, 0.15) is 11.9 Å². The smallest absolute Gasteiger partial charge is 0.249 e. The lowest BCUT2D eigenvalue weighted by Crippen LogP contribution is -2.34. The lowest BCUT2D eigenvalue weighted by atomic mass is 10.1. The van der Waals surface area contributed by atoms with Crippen LogP contribution in [-0.4, -0.2) is 35.1 Å². The van der Waals surface area contributed by atoms with Crippen LogP contribution in [0.15, 0.2) is 54.6 Å². The van der Waals surface area contributed by atoms with Gasteiger partial charge in [0.2, 0.25) is 5.91 Å². The van der Waals surface area contributed by atoms with Gasteiger partial charge in [-0.2, -0.15) is 0 Å². The number of hydrogen-bond donors (Lipinski definition) is 2. The standard InChI is InChI=1S/C23H26N4O2/c28-23(20-13-7-15-29-20)25-16-21-26-19-12-5-4-11-18(19)22(27-21)24-14-6-10-17-8-2-1-3-9-17/h1-5,8-9,11-12,20H,6-7,10,13-16H2,(H,25,28)(H,24,26,27). The predicted molar refractivity (Wildman–Crippen MR) is 114 cm³/mol. The molecule has 6 nitrogen and oxygen atoms in total. The Bertz CT molecular complexity index is 956. The molecule has 3 aromatic rings. The molecule has 6 heteroatoms. The maximum Gasteiger partial charge on any atom is 0.249 e. The molecule has 0 bridgehead atoms. The fraction of sp³-hybridized carbons (Fsp3) is 0.348. The fourth-order valence-electron chi connectivity index (χ4n) is 3.55. The maximum atomic E-state index is 12.2. The highest BCUT2D eigenvalue weighted by atomic mass is 16.5. The van der Waals surface area contributed by atoms with E-state index < -0.39 is 0 Å². The van der Waals surface area contributed by atoms with E-state index in [1.54, 1.807) is 0 Å². The van der Waals surface area contributed by atoms with Gasteiger partial charge in [0.05, 0.1) is 12.1 Å². The number of ether oxygens (including phenoxy) is 1. The average molecular weight is 390 g/mol. The quantitative estimate of drug-likeness (QED) is 0.576. The number of anilines is 1. The average Bonchev–Trinajstić information content (AvgIpc) is 3.31. The molecule has 1 aromatic heterocycles. The SMILES string of the molecule is O=C(NCc1nc(NCCCc2ccccc2)c2ccccc2n1)C1CCCO1. The molecule has 1 aliphatic rings. The van der Waals surface area contributed by atoms with E-state index in [4.69, 9.17) is 4.74 Å². The highest BCUT2D eigenvalue weighted by molar-refractivity contribution is 5.89. The summed E-state index contributed by atoms with van der Waals surface area (Å²) >= 11 is 0. The minimum Gasteiger partial charge on any atom is -0.369 e. The van der Waals surface area contributed by atoms with E-state index in [1.165, 1.54) is 5.56 Å². The normalized spacial score (nSPS) is 16.1. The number of nitrogens with one attached hydrogen (secondary N) is 2. The van der Waals surface area contributed by atoms with Crippen LogP contribution >= 0.6 is 0 Å². The van der Waals surface area contributed by atoms with E-state index in [2.05, 4.69) is 44.9 Å². The summed E-state index contributed by atoms with van der Waals surface area (Å²) in [5, 5.41) is 7.34. The number of fused-ring (bicyclic) bond motifs is 1. The van der Waals surface area contributed by atoms with Crippen LogP contribution in [0.4, 0.5) is 5.82 Å². The zero-order chi connectivity index (χ0) is 19.9. The van der Waals surface area contributed by atoms with Crippen molar-refractivity contribution in [1.29, 1.82) is 0 Å². The largest absolute Gasteiger partial charge is 0.369 e. The van der Waals surface area contributed by atoms with Crippen LogP contribution in [0.3, 0.4) is 0 Å². The number of rotatable bonds is 8. The van der Waals surface area contributed by atoms with E-state index >= 15 is 0 Å². The molecule has 2 heterocycles. The summed E-state index contributed by atoms with van der Waals surface area (Å²) in [5.41, 5.74) is 2.20. The second-order valence-corrected chi connectivity index (χ2v) is 7.24. The molecule has 4 rings (SSSR count). The first-order chi connectivity index (χ1) is 14.3. The molecule has 1 aliphatic heterocycles. The Labute approximate surface area is 170 Å². The Hall–Kier alpha value is -2.99. The monoisotopic (exact) mass is 390 g/mol. The molecule has 1 unspecified atom stereocenters. The Morgan fingerprint density at radius 2 is 1.90 bits per heavy atom. The molecule has 0 aliphatic carbocycles. The van der Waals surface area contributed by atoms with Crippen LogP contribution in [-0.2, 0) is 22.5 Å². The first-order valence-corrected chi connectivity index (χ1v) is 10.2. The number of amides is 1. The van der Waals surface area contributed by atoms with Gasteiger partial charge in [-0.1, -0.05) is 42.5 Å². The van der Waals surface area contributed by atoms with Crippen LogP contribution in [0.1, 0.15) is 30.7 Å². The maximum absolute atomic E-state index is 12.2. The number of nitrogens with zero attached hydrogens (tertiary/aromatic N) is 2. The summed E-state index contributed by atoms with van der Waals surface area (Å²) in [5.74, 6) is 1.32. The van der Waals surface area contributed by atoms with Gasteiger partial charge in [-0.3, -0.25) is 4.79 Å². The van der Waals surface area contributed by atoms with Crippen molar-refractivity contribution in [2.75, 3.05) is 18.5 Å². The molecule has 1 amide bonds. The molecule has 1 saturated heterocycles. The Morgan fingerprint density at radius 3 is 2.72 bits per heavy atom. The van der Waals surface area contributed by atoms with Gasteiger partial charge < -0.3 is 15.4 Å². The molecule has 1 fully saturated rings. The van der Waals surface area contributed by atoms with Gasteiger partial charge in [0.15, 0.2) is 5.82 Å². The molecule has 150 valence electrons. The Morgan fingerprint density at radius 1 is 1.07 bits per heavy atom. The third-order valence-electron chi connectivity index (χ3n) is 5.07. The third kappa shape index (κ3) is 5.09. The summed E-state index contributed by atoms with van der Waals surface area (Å²) in [7, 11) is 0. The lowest BCUT2D eigenvalue weighted by Gasteiger charge is -2.13. The van der Waals surface area contributed by atoms with Crippen molar-refractivity contribution < 1.29 is 9.53 Å². The highest BCUT2D eigenvalue weighted by Crippen LogP contribution is 2.20. The van der Waals surface area contributed by atoms with Crippen molar-refractivity contribution >= 4 is 22.6 Å². The van der Waals surface area contributed by atoms with Crippen molar-refractivity contribution in [3.05, 3.63) is 66.0 Å². The number of benzene rings is 2. The number of hydrogen-bond acceptors (Lipinski definition) is 5. The van der Waals surface area contributed by atoms with Gasteiger partial charge in [-0.25, -0.2) is 9.97 Å². The van der Waals surface area contributed by atoms with E-state index in [0.29, 0.717) is 19.0 Å². The molecule has 0 radical (unpaired) electrons. The number of para-hydroxylation sites is 1. The van der Waals surface area contributed by atoms with Gasteiger partial charge >= 0.3 is 0 Å². The summed E-state index contributed by atoms with van der Waals surface area (Å²) in [4.78, 5) is 21.5. The molecule has 0 spiro atoms. The van der Waals surface area contributed by atoms with Crippen LogP contribution in [0.25, 0.3) is 10.9 Å². The minimum atomic E-state index is -0.342. The number of aryl methyl sites for hydroxylation is 1. The molecular weight excluding hydrogens is 364 g/mol. The van der Waals surface area contributed by atoms with Crippen molar-refractivity contribution in [2.45, 2.75) is 38.3 Å². The molecule has 0 saturated carbocycles. The molecule has 2 aromatic carbocycles. The van der Waals surface area contributed by atoms with Crippen LogP contribution in [0.5, 0.6) is 0 Å². The van der Waals surface area contributed by atoms with Crippen molar-refractivity contribution in [3.63, 3.8) is 0 Å². The summed E-state index contributed by atoms with van der Waals surface area (Å²) < 4.78 is 5.43. The van der Waals surface area contributed by atoms with Gasteiger partial charge in [-0.05, 0) is 43.4 Å². The van der Waals surface area contributed by atoms with Gasteiger partial charge in [0.25, 0.3) is 0 Å². The van der Waals surface area contributed by atoms with Gasteiger partial charge in [0, 0.05) is 18.5 Å². The number of carbonyl (C=O) groups is 1. The van der Waals surface area contributed by atoms with Crippen LogP contribution in [0.2, 0.25) is 0 Å². The highest BCUT2D eigenvalue weighted by Gasteiger charge is 2.23. The zero-order valence-electron chi connectivity index (χ0n) is 16.4. The topological polar surface area (TPSA) is 76.1 Å². The number of carbonyl (C=O) groups excluding carboxylic acids is 1. The minimum absolute atomic E-state index is 0.0865. The number of aromatic nitrogens is 2. The second-order valence-electron chi connectivity index (χ2n) is 7.24. The molecule has 29 heavy (non-hydrogen) atoms. The Balaban J connectivity index is 1.40. The molecule has 1 atom stereocenters. The third-order valence-corrected chi connectivity index (χ3v) is 5.07. The fourth-order valence-corrected chi connectivity index (χ4v) is 3.55. The second kappa shape index (κ2) is 9.47. The molecule has 2 N–H and O–H groups in total. The van der Waals surface area contributed by atoms with Crippen molar-refractivity contribution in [1.82, 2.24) is 15.3 Å². The van der Waals surface area contributed by atoms with E-state index in [1.807, 2.05) is 30.3 Å². The van der Waals surface area contributed by atoms with Gasteiger partial charge in [-0.15, -0.1) is 0 Å². The van der Waals surface area contributed by atoms with E-state index in [0.717, 1.165) is 48.9 Å².